The number of likely N-dealkylation sites (tertiary alicyclic amines) is 3. The summed E-state index contributed by atoms with van der Waals surface area (Å²) in [5.41, 5.74) is 2.99. The molecule has 6 aliphatic heterocycles. The lowest BCUT2D eigenvalue weighted by atomic mass is 9.93. The molecule has 3 aromatic rings. The average Bonchev–Trinajstić information content (AvgIpc) is 3.72. The molecule has 0 bridgehead atoms. The van der Waals surface area contributed by atoms with Crippen LogP contribution in [0.1, 0.15) is 55.2 Å². The molecular formula is C42H48N6O6. The van der Waals surface area contributed by atoms with Crippen molar-refractivity contribution >= 4 is 35.4 Å². The summed E-state index contributed by atoms with van der Waals surface area (Å²) >= 11 is 0. The zero-order valence-corrected chi connectivity index (χ0v) is 30.4. The molecule has 2 unspecified atom stereocenters. The number of carbonyl (C=O) groups is 6. The monoisotopic (exact) mass is 732 g/mol. The Bertz CT molecular complexity index is 1560. The van der Waals surface area contributed by atoms with Gasteiger partial charge in [-0.25, -0.2) is 0 Å². The first-order chi connectivity index (χ1) is 26.3. The summed E-state index contributed by atoms with van der Waals surface area (Å²) in [5.74, 6) is -0.654. The van der Waals surface area contributed by atoms with Gasteiger partial charge in [-0.1, -0.05) is 91.0 Å². The second-order valence-corrected chi connectivity index (χ2v) is 14.8. The van der Waals surface area contributed by atoms with Crippen LogP contribution in [-0.2, 0) is 48.4 Å². The normalized spacial score (nSPS) is 27.4. The van der Waals surface area contributed by atoms with E-state index in [1.807, 2.05) is 91.0 Å². The first-order valence-electron chi connectivity index (χ1n) is 19.2. The van der Waals surface area contributed by atoms with Crippen molar-refractivity contribution in [3.63, 3.8) is 0 Å². The Balaban J connectivity index is 0.000000125. The van der Waals surface area contributed by atoms with Crippen LogP contribution >= 0.6 is 0 Å². The van der Waals surface area contributed by atoms with Gasteiger partial charge in [0.05, 0.1) is 55.5 Å². The Hall–Kier alpha value is -5.04. The molecule has 0 aliphatic carbocycles. The van der Waals surface area contributed by atoms with Crippen molar-refractivity contribution < 1.29 is 28.8 Å². The number of amides is 6. The highest BCUT2D eigenvalue weighted by atomic mass is 16.2. The summed E-state index contributed by atoms with van der Waals surface area (Å²) in [6.45, 7) is 3.69. The van der Waals surface area contributed by atoms with Crippen LogP contribution in [0.15, 0.2) is 91.0 Å². The number of nitrogens with zero attached hydrogens (tertiary/aromatic N) is 3. The molecule has 6 amide bonds. The molecule has 282 valence electrons. The van der Waals surface area contributed by atoms with E-state index in [2.05, 4.69) is 16.0 Å². The molecule has 3 N–H and O–H groups in total. The number of hydrogen-bond acceptors (Lipinski definition) is 9. The fraction of sp³-hybridized carbons (Fsp3) is 0.429. The smallest absolute Gasteiger partial charge is 0.247 e. The van der Waals surface area contributed by atoms with Gasteiger partial charge in [0.1, 0.15) is 0 Å². The minimum Gasteiger partial charge on any atom is -0.305 e. The van der Waals surface area contributed by atoms with Gasteiger partial charge in [0.2, 0.25) is 35.4 Å². The largest absolute Gasteiger partial charge is 0.305 e. The van der Waals surface area contributed by atoms with Crippen molar-refractivity contribution in [2.75, 3.05) is 19.6 Å². The van der Waals surface area contributed by atoms with Gasteiger partial charge in [0, 0.05) is 0 Å². The molecule has 9 rings (SSSR count). The number of imide groups is 3. The first-order valence-corrected chi connectivity index (χ1v) is 19.2. The van der Waals surface area contributed by atoms with Gasteiger partial charge in [0.25, 0.3) is 0 Å². The third-order valence-corrected chi connectivity index (χ3v) is 11.3. The third-order valence-electron chi connectivity index (χ3n) is 11.3. The topological polar surface area (TPSA) is 148 Å². The van der Waals surface area contributed by atoms with Crippen LogP contribution in [0.25, 0.3) is 0 Å². The molecular weight excluding hydrogens is 684 g/mol. The van der Waals surface area contributed by atoms with E-state index >= 15 is 0 Å². The van der Waals surface area contributed by atoms with E-state index in [0.717, 1.165) is 74.8 Å². The molecule has 0 radical (unpaired) electrons. The van der Waals surface area contributed by atoms with E-state index in [9.17, 15) is 28.8 Å². The number of rotatable bonds is 6. The highest BCUT2D eigenvalue weighted by Crippen LogP contribution is 2.31. The zero-order chi connectivity index (χ0) is 37.6. The van der Waals surface area contributed by atoms with Gasteiger partial charge in [-0.3, -0.25) is 43.5 Å². The Labute approximate surface area is 315 Å². The molecule has 0 aromatic heterocycles. The number of fused-ring (bicyclic) bond motifs is 3. The van der Waals surface area contributed by atoms with Crippen molar-refractivity contribution in [2.45, 2.75) is 76.3 Å². The molecule has 6 atom stereocenters. The molecule has 6 fully saturated rings. The SMILES string of the molecule is O=C1C2CCCNC2C(=O)N1Cc1ccccc1.O=C1[C@H]2NCCC[C@H]2C(=O)N1Cc1ccccc1.O=C1[C@H]2NCCC[C@H]2C(=O)N1Cc1ccccc1. The summed E-state index contributed by atoms with van der Waals surface area (Å²) in [5, 5.41) is 9.49. The van der Waals surface area contributed by atoms with E-state index in [1.54, 1.807) is 0 Å². The molecule has 12 heteroatoms. The first kappa shape index (κ1) is 37.3. The highest BCUT2D eigenvalue weighted by Gasteiger charge is 2.50. The van der Waals surface area contributed by atoms with Gasteiger partial charge < -0.3 is 16.0 Å². The van der Waals surface area contributed by atoms with Crippen molar-refractivity contribution in [2.24, 2.45) is 17.8 Å². The molecule has 12 nitrogen and oxygen atoms in total. The van der Waals surface area contributed by atoms with E-state index in [-0.39, 0.29) is 71.3 Å². The summed E-state index contributed by atoms with van der Waals surface area (Å²) in [7, 11) is 0. The predicted molar refractivity (Wildman–Crippen MR) is 200 cm³/mol. The second-order valence-electron chi connectivity index (χ2n) is 14.8. The zero-order valence-electron chi connectivity index (χ0n) is 30.4. The number of nitrogens with one attached hydrogen (secondary N) is 3. The van der Waals surface area contributed by atoms with Crippen molar-refractivity contribution in [1.29, 1.82) is 0 Å². The van der Waals surface area contributed by atoms with Crippen molar-refractivity contribution in [3.05, 3.63) is 108 Å². The Morgan fingerprint density at radius 3 is 0.889 bits per heavy atom. The fourth-order valence-electron chi connectivity index (χ4n) is 8.44. The minimum absolute atomic E-state index is 0.0129. The molecule has 6 heterocycles. The standard InChI is InChI=1S/3C14H16N2O2/c3*17-13-11-7-4-8-15-12(11)14(18)16(13)9-10-5-2-1-3-6-10/h3*1-3,5-6,11-12,15H,4,7-9H2/t2*11-,12+;/m11./s1. The summed E-state index contributed by atoms with van der Waals surface area (Å²) in [4.78, 5) is 77.5. The van der Waals surface area contributed by atoms with Crippen LogP contribution in [0.3, 0.4) is 0 Å². The lowest BCUT2D eigenvalue weighted by molar-refractivity contribution is -0.141. The van der Waals surface area contributed by atoms with Crippen molar-refractivity contribution in [1.82, 2.24) is 30.7 Å². The van der Waals surface area contributed by atoms with E-state index in [0.29, 0.717) is 19.6 Å². The van der Waals surface area contributed by atoms with Crippen LogP contribution in [0, 0.1) is 17.8 Å². The second kappa shape index (κ2) is 17.0. The minimum atomic E-state index is -0.282. The maximum Gasteiger partial charge on any atom is 0.247 e. The lowest BCUT2D eigenvalue weighted by Crippen LogP contribution is -2.44. The lowest BCUT2D eigenvalue weighted by Gasteiger charge is -2.21. The quantitative estimate of drug-likeness (QED) is 0.326. The summed E-state index contributed by atoms with van der Waals surface area (Å²) in [6.07, 6.45) is 5.40. The highest BCUT2D eigenvalue weighted by molar-refractivity contribution is 6.08. The number of benzene rings is 3. The molecule has 6 aliphatic rings. The molecule has 3 aromatic carbocycles. The van der Waals surface area contributed by atoms with Crippen LogP contribution < -0.4 is 16.0 Å². The maximum absolute atomic E-state index is 12.2. The van der Waals surface area contributed by atoms with Crippen LogP contribution in [-0.4, -0.2) is 87.9 Å². The maximum atomic E-state index is 12.2. The number of hydrogen-bond donors (Lipinski definition) is 3. The molecule has 0 saturated carbocycles. The Morgan fingerprint density at radius 2 is 0.648 bits per heavy atom. The summed E-state index contributed by atoms with van der Waals surface area (Å²) < 4.78 is 0. The summed E-state index contributed by atoms with van der Waals surface area (Å²) in [6, 6.07) is 28.1. The van der Waals surface area contributed by atoms with Gasteiger partial charge in [-0.15, -0.1) is 0 Å². The van der Waals surface area contributed by atoms with Gasteiger partial charge in [-0.2, -0.15) is 0 Å². The predicted octanol–water partition coefficient (Wildman–Crippen LogP) is 2.77. The number of carbonyl (C=O) groups excluding carboxylic acids is 6. The van der Waals surface area contributed by atoms with E-state index < -0.39 is 0 Å². The van der Waals surface area contributed by atoms with Gasteiger partial charge in [0.15, 0.2) is 0 Å². The molecule has 6 saturated heterocycles. The fourth-order valence-corrected chi connectivity index (χ4v) is 8.44. The Kier molecular flexibility index (Phi) is 11.7. The third kappa shape index (κ3) is 7.91. The Morgan fingerprint density at radius 1 is 0.389 bits per heavy atom. The van der Waals surface area contributed by atoms with Crippen LogP contribution in [0.5, 0.6) is 0 Å². The van der Waals surface area contributed by atoms with Crippen LogP contribution in [0.4, 0.5) is 0 Å². The van der Waals surface area contributed by atoms with E-state index in [4.69, 9.17) is 0 Å². The van der Waals surface area contributed by atoms with Crippen LogP contribution in [0.2, 0.25) is 0 Å². The van der Waals surface area contributed by atoms with Crippen molar-refractivity contribution in [3.8, 4) is 0 Å². The number of piperidine rings is 3. The average molecular weight is 733 g/mol. The molecule has 54 heavy (non-hydrogen) atoms. The van der Waals surface area contributed by atoms with Gasteiger partial charge >= 0.3 is 0 Å². The van der Waals surface area contributed by atoms with Gasteiger partial charge in [-0.05, 0) is 74.8 Å². The van der Waals surface area contributed by atoms with E-state index in [1.165, 1.54) is 14.7 Å². The molecule has 0 spiro atoms.